The van der Waals surface area contributed by atoms with Gasteiger partial charge in [-0.2, -0.15) is 13.2 Å². The number of nitrogens with one attached hydrogen (secondary N) is 1. The molecule has 2 aromatic rings. The second-order valence-corrected chi connectivity index (χ2v) is 7.31. The van der Waals surface area contributed by atoms with Gasteiger partial charge in [-0.25, -0.2) is 4.79 Å². The van der Waals surface area contributed by atoms with Crippen LogP contribution in [0.3, 0.4) is 0 Å². The molecule has 3 atom stereocenters. The summed E-state index contributed by atoms with van der Waals surface area (Å²) in [6.07, 6.45) is -7.18. The van der Waals surface area contributed by atoms with Gasteiger partial charge in [0.25, 0.3) is 11.6 Å². The van der Waals surface area contributed by atoms with Crippen molar-refractivity contribution >= 4 is 23.5 Å². The average molecular weight is 498 g/mol. The molecule has 0 fully saturated rings. The number of nitro groups is 1. The molecule has 0 heterocycles. The predicted octanol–water partition coefficient (Wildman–Crippen LogP) is 2.95. The van der Waals surface area contributed by atoms with E-state index in [1.807, 2.05) is 0 Å². The van der Waals surface area contributed by atoms with Crippen LogP contribution in [0.1, 0.15) is 42.1 Å². The normalized spacial score (nSPS) is 13.9. The number of esters is 1. The Morgan fingerprint density at radius 2 is 1.60 bits per heavy atom. The van der Waals surface area contributed by atoms with E-state index in [9.17, 15) is 47.9 Å². The van der Waals surface area contributed by atoms with Gasteiger partial charge in [0, 0.05) is 18.1 Å². The first-order valence-corrected chi connectivity index (χ1v) is 10.1. The summed E-state index contributed by atoms with van der Waals surface area (Å²) in [5, 5.41) is 33.0. The summed E-state index contributed by atoms with van der Waals surface area (Å²) in [6, 6.07) is 5.87. The number of carbonyl (C=O) groups is 3. The molecule has 3 N–H and O–H groups in total. The van der Waals surface area contributed by atoms with Crippen LogP contribution < -0.4 is 5.32 Å². The summed E-state index contributed by atoms with van der Waals surface area (Å²) >= 11 is 0. The van der Waals surface area contributed by atoms with Crippen LogP contribution in [0.2, 0.25) is 0 Å². The van der Waals surface area contributed by atoms with Gasteiger partial charge in [0.15, 0.2) is 6.10 Å². The number of ether oxygens (including phenoxy) is 1. The third kappa shape index (κ3) is 7.24. The molecule has 0 aliphatic heterocycles. The van der Waals surface area contributed by atoms with E-state index in [4.69, 9.17) is 4.74 Å². The first-order chi connectivity index (χ1) is 16.3. The maximum absolute atomic E-state index is 12.7. The van der Waals surface area contributed by atoms with Crippen molar-refractivity contribution in [1.29, 1.82) is 0 Å². The number of aliphatic hydroxyl groups is 1. The van der Waals surface area contributed by atoms with Crippen molar-refractivity contribution in [3.63, 3.8) is 0 Å². The minimum absolute atomic E-state index is 0.0114. The zero-order chi connectivity index (χ0) is 26.3. The van der Waals surface area contributed by atoms with Crippen molar-refractivity contribution in [2.75, 3.05) is 6.61 Å². The van der Waals surface area contributed by atoms with Gasteiger partial charge < -0.3 is 20.3 Å². The average Bonchev–Trinajstić information content (AvgIpc) is 2.80. The number of nitro benzene ring substituents is 1. The van der Waals surface area contributed by atoms with Crippen molar-refractivity contribution in [1.82, 2.24) is 5.32 Å². The minimum Gasteiger partial charge on any atom is -0.480 e. The number of aliphatic hydroxyl groups excluding tert-OH is 1. The van der Waals surface area contributed by atoms with Gasteiger partial charge in [0.1, 0.15) is 6.04 Å². The lowest BCUT2D eigenvalue weighted by Gasteiger charge is -2.26. The van der Waals surface area contributed by atoms with Gasteiger partial charge in [-0.15, -0.1) is 0 Å². The van der Waals surface area contributed by atoms with Crippen molar-refractivity contribution in [2.24, 2.45) is 0 Å². The molecular weight excluding hydrogens is 477 g/mol. The van der Waals surface area contributed by atoms with E-state index in [-0.39, 0.29) is 23.4 Å². The van der Waals surface area contributed by atoms with E-state index in [0.29, 0.717) is 12.1 Å². The van der Waals surface area contributed by atoms with Gasteiger partial charge in [-0.3, -0.25) is 19.7 Å². The molecule has 0 aliphatic rings. The standard InChI is InChI=1S/C22H21F3N2O8/c1-2-35-17(28)11-16(12-5-9-15(10-6-12)27(33)34)18(21(31)32)26-20(30)19(29)13-3-7-14(8-4-13)22(23,24)25/h3-10,16,18-19,29H,2,11H2,1H3,(H,26,30)(H,31,32)/t16-,18-,19-/m0/s1. The monoisotopic (exact) mass is 498 g/mol. The van der Waals surface area contributed by atoms with Crippen LogP contribution in [0.25, 0.3) is 0 Å². The molecule has 0 spiro atoms. The van der Waals surface area contributed by atoms with Crippen molar-refractivity contribution in [3.8, 4) is 0 Å². The van der Waals surface area contributed by atoms with Gasteiger partial charge in [0.2, 0.25) is 0 Å². The smallest absolute Gasteiger partial charge is 0.416 e. The number of hydrogen-bond donors (Lipinski definition) is 3. The molecule has 188 valence electrons. The fourth-order valence-corrected chi connectivity index (χ4v) is 3.24. The summed E-state index contributed by atoms with van der Waals surface area (Å²) < 4.78 is 43.1. The molecule has 2 rings (SSSR count). The Morgan fingerprint density at radius 1 is 1.06 bits per heavy atom. The zero-order valence-electron chi connectivity index (χ0n) is 18.2. The number of aliphatic carboxylic acids is 1. The summed E-state index contributed by atoms with van der Waals surface area (Å²) in [4.78, 5) is 46.9. The Kier molecular flexibility index (Phi) is 8.89. The van der Waals surface area contributed by atoms with E-state index in [1.165, 1.54) is 19.1 Å². The van der Waals surface area contributed by atoms with E-state index in [0.717, 1.165) is 24.3 Å². The lowest BCUT2D eigenvalue weighted by molar-refractivity contribution is -0.384. The van der Waals surface area contributed by atoms with Crippen molar-refractivity contribution in [2.45, 2.75) is 37.6 Å². The Bertz CT molecular complexity index is 1070. The molecule has 0 saturated carbocycles. The highest BCUT2D eigenvalue weighted by molar-refractivity contribution is 5.88. The Labute approximate surface area is 196 Å². The number of non-ortho nitro benzene ring substituents is 1. The largest absolute Gasteiger partial charge is 0.480 e. The number of carboxylic acids is 1. The molecule has 0 aromatic heterocycles. The van der Waals surface area contributed by atoms with Crippen LogP contribution in [-0.2, 0) is 25.3 Å². The molecule has 35 heavy (non-hydrogen) atoms. The highest BCUT2D eigenvalue weighted by Crippen LogP contribution is 2.31. The highest BCUT2D eigenvalue weighted by Gasteiger charge is 2.35. The summed E-state index contributed by atoms with van der Waals surface area (Å²) in [5.74, 6) is -4.89. The number of amides is 1. The number of halogens is 3. The fraction of sp³-hybridized carbons (Fsp3) is 0.318. The van der Waals surface area contributed by atoms with E-state index in [1.54, 1.807) is 0 Å². The quantitative estimate of drug-likeness (QED) is 0.256. The lowest BCUT2D eigenvalue weighted by atomic mass is 9.88. The maximum Gasteiger partial charge on any atom is 0.416 e. The maximum atomic E-state index is 12.7. The van der Waals surface area contributed by atoms with Crippen molar-refractivity contribution < 1.29 is 47.4 Å². The summed E-state index contributed by atoms with van der Waals surface area (Å²) in [6.45, 7) is 1.51. The van der Waals surface area contributed by atoms with E-state index in [2.05, 4.69) is 5.32 Å². The second kappa shape index (κ2) is 11.4. The molecule has 0 saturated heterocycles. The molecule has 0 unspecified atom stereocenters. The number of benzene rings is 2. The van der Waals surface area contributed by atoms with Crippen LogP contribution in [0.15, 0.2) is 48.5 Å². The number of hydrogen-bond acceptors (Lipinski definition) is 7. The fourth-order valence-electron chi connectivity index (χ4n) is 3.24. The van der Waals surface area contributed by atoms with Gasteiger partial charge in [-0.1, -0.05) is 24.3 Å². The molecule has 10 nitrogen and oxygen atoms in total. The third-order valence-corrected chi connectivity index (χ3v) is 4.99. The van der Waals surface area contributed by atoms with Crippen molar-refractivity contribution in [3.05, 3.63) is 75.3 Å². The molecule has 0 aliphatic carbocycles. The van der Waals surface area contributed by atoms with Crippen LogP contribution >= 0.6 is 0 Å². The highest BCUT2D eigenvalue weighted by atomic mass is 19.4. The number of carboxylic acid groups (broad SMARTS) is 1. The number of alkyl halides is 3. The Balaban J connectivity index is 2.33. The van der Waals surface area contributed by atoms with Crippen LogP contribution in [0, 0.1) is 10.1 Å². The van der Waals surface area contributed by atoms with Gasteiger partial charge in [0.05, 0.1) is 23.5 Å². The lowest BCUT2D eigenvalue weighted by Crippen LogP contribution is -2.47. The molecule has 2 aromatic carbocycles. The minimum atomic E-state index is -4.63. The Morgan fingerprint density at radius 3 is 2.06 bits per heavy atom. The Hall–Kier alpha value is -4.00. The first kappa shape index (κ1) is 27.2. The topological polar surface area (TPSA) is 156 Å². The second-order valence-electron chi connectivity index (χ2n) is 7.31. The molecule has 1 amide bonds. The van der Waals surface area contributed by atoms with Crippen LogP contribution in [0.4, 0.5) is 18.9 Å². The first-order valence-electron chi connectivity index (χ1n) is 10.1. The summed E-state index contributed by atoms with van der Waals surface area (Å²) in [7, 11) is 0. The van der Waals surface area contributed by atoms with Gasteiger partial charge >= 0.3 is 18.1 Å². The summed E-state index contributed by atoms with van der Waals surface area (Å²) in [5.41, 5.74) is -1.38. The SMILES string of the molecule is CCOC(=O)C[C@@H](c1ccc([N+](=O)[O-])cc1)[C@H](NC(=O)[C@@H](O)c1ccc(C(F)(F)F)cc1)C(=O)O. The number of rotatable bonds is 10. The van der Waals surface area contributed by atoms with E-state index >= 15 is 0 Å². The van der Waals surface area contributed by atoms with Gasteiger partial charge in [-0.05, 0) is 30.2 Å². The molecular formula is C22H21F3N2O8. The molecule has 0 bridgehead atoms. The van der Waals surface area contributed by atoms with Crippen LogP contribution in [-0.4, -0.2) is 45.6 Å². The number of nitrogens with zero attached hydrogens (tertiary/aromatic N) is 1. The molecule has 0 radical (unpaired) electrons. The molecule has 13 heteroatoms. The van der Waals surface area contributed by atoms with E-state index < -0.39 is 59.0 Å². The third-order valence-electron chi connectivity index (χ3n) is 4.99. The zero-order valence-corrected chi connectivity index (χ0v) is 18.2. The van der Waals surface area contributed by atoms with Crippen LogP contribution in [0.5, 0.6) is 0 Å². The predicted molar refractivity (Wildman–Crippen MR) is 113 cm³/mol. The number of carbonyl (C=O) groups excluding carboxylic acids is 2.